The summed E-state index contributed by atoms with van der Waals surface area (Å²) in [5.41, 5.74) is 1.88. The second-order valence-electron chi connectivity index (χ2n) is 7.45. The van der Waals surface area contributed by atoms with Gasteiger partial charge in [-0.2, -0.15) is 0 Å². The first-order chi connectivity index (χ1) is 13.1. The van der Waals surface area contributed by atoms with E-state index in [1.165, 1.54) is 12.8 Å². The summed E-state index contributed by atoms with van der Waals surface area (Å²) in [6.45, 7) is 6.52. The number of aromatic nitrogens is 4. The monoisotopic (exact) mass is 369 g/mol. The Bertz CT molecular complexity index is 843. The van der Waals surface area contributed by atoms with Gasteiger partial charge < -0.3 is 20.1 Å². The summed E-state index contributed by atoms with van der Waals surface area (Å²) in [5, 5.41) is 6.25. The van der Waals surface area contributed by atoms with Crippen molar-refractivity contribution >= 4 is 11.7 Å². The molecule has 1 aliphatic carbocycles. The maximum atomic E-state index is 12.0. The number of hydrogen-bond acceptors (Lipinski definition) is 6. The van der Waals surface area contributed by atoms with Crippen LogP contribution in [0.2, 0.25) is 0 Å². The summed E-state index contributed by atoms with van der Waals surface area (Å²) in [6.07, 6.45) is 7.55. The minimum absolute atomic E-state index is 0.235. The maximum Gasteiger partial charge on any atom is 0.288 e. The summed E-state index contributed by atoms with van der Waals surface area (Å²) in [5.74, 6) is 1.97. The van der Waals surface area contributed by atoms with Crippen LogP contribution in [0, 0.1) is 13.8 Å². The van der Waals surface area contributed by atoms with Gasteiger partial charge in [-0.1, -0.05) is 0 Å². The van der Waals surface area contributed by atoms with Crippen LogP contribution in [0.15, 0.2) is 12.4 Å². The summed E-state index contributed by atoms with van der Waals surface area (Å²) < 4.78 is 2.30. The average Bonchev–Trinajstić information content (AvgIpc) is 3.22. The van der Waals surface area contributed by atoms with E-state index in [2.05, 4.69) is 41.2 Å². The van der Waals surface area contributed by atoms with Crippen molar-refractivity contribution in [3.05, 3.63) is 35.3 Å². The van der Waals surface area contributed by atoms with Gasteiger partial charge in [0.15, 0.2) is 0 Å². The smallest absolute Gasteiger partial charge is 0.288 e. The molecular weight excluding hydrogens is 342 g/mol. The zero-order valence-electron chi connectivity index (χ0n) is 16.2. The zero-order valence-corrected chi connectivity index (χ0v) is 16.2. The molecule has 2 N–H and O–H groups in total. The van der Waals surface area contributed by atoms with Crippen molar-refractivity contribution in [2.75, 3.05) is 25.0 Å². The highest BCUT2D eigenvalue weighted by atomic mass is 16.2. The van der Waals surface area contributed by atoms with E-state index in [-0.39, 0.29) is 11.7 Å². The molecule has 8 heteroatoms. The van der Waals surface area contributed by atoms with Gasteiger partial charge in [-0.15, -0.1) is 0 Å². The molecule has 2 aliphatic rings. The van der Waals surface area contributed by atoms with Crippen LogP contribution in [-0.4, -0.2) is 51.6 Å². The average molecular weight is 369 g/mol. The number of aryl methyl sites for hydroxylation is 1. The molecule has 8 nitrogen and oxygen atoms in total. The van der Waals surface area contributed by atoms with Crippen LogP contribution in [0.25, 0.3) is 0 Å². The Hall–Kier alpha value is -2.48. The predicted molar refractivity (Wildman–Crippen MR) is 103 cm³/mol. The van der Waals surface area contributed by atoms with E-state index in [0.717, 1.165) is 49.0 Å². The van der Waals surface area contributed by atoms with Crippen molar-refractivity contribution in [3.63, 3.8) is 0 Å². The normalized spacial score (nSPS) is 19.5. The lowest BCUT2D eigenvalue weighted by molar-refractivity contribution is 0.0952. The molecule has 1 aliphatic heterocycles. The summed E-state index contributed by atoms with van der Waals surface area (Å²) in [4.78, 5) is 27.6. The highest BCUT2D eigenvalue weighted by Crippen LogP contribution is 2.35. The van der Waals surface area contributed by atoms with Gasteiger partial charge in [0.1, 0.15) is 11.6 Å². The Morgan fingerprint density at radius 3 is 2.81 bits per heavy atom. The Morgan fingerprint density at radius 2 is 2.07 bits per heavy atom. The van der Waals surface area contributed by atoms with Crippen LogP contribution in [0.4, 0.5) is 5.82 Å². The summed E-state index contributed by atoms with van der Waals surface area (Å²) in [7, 11) is 1.60. The molecule has 1 atom stereocenters. The molecule has 1 amide bonds. The molecule has 3 heterocycles. The van der Waals surface area contributed by atoms with Gasteiger partial charge in [-0.05, 0) is 33.1 Å². The fourth-order valence-electron chi connectivity index (χ4n) is 3.66. The van der Waals surface area contributed by atoms with Gasteiger partial charge >= 0.3 is 0 Å². The number of nitrogens with one attached hydrogen (secondary N) is 2. The Balaban J connectivity index is 1.42. The van der Waals surface area contributed by atoms with E-state index < -0.39 is 0 Å². The van der Waals surface area contributed by atoms with Crippen LogP contribution in [0.5, 0.6) is 0 Å². The number of anilines is 1. The largest absolute Gasteiger partial charge is 0.355 e. The fraction of sp³-hybridized carbons (Fsp3) is 0.579. The Morgan fingerprint density at radius 1 is 1.26 bits per heavy atom. The first-order valence-corrected chi connectivity index (χ1v) is 9.64. The number of hydrogen-bond donors (Lipinski definition) is 2. The second-order valence-corrected chi connectivity index (χ2v) is 7.45. The van der Waals surface area contributed by atoms with Gasteiger partial charge in [0.25, 0.3) is 5.91 Å². The quantitative estimate of drug-likeness (QED) is 0.799. The molecule has 4 rings (SSSR count). The molecule has 2 fully saturated rings. The first-order valence-electron chi connectivity index (χ1n) is 9.64. The van der Waals surface area contributed by atoms with Crippen LogP contribution in [0.1, 0.15) is 53.0 Å². The fourth-order valence-corrected chi connectivity index (χ4v) is 3.66. The number of imidazole rings is 1. The molecular formula is C19H27N7O. The number of amides is 1. The number of nitrogens with zero attached hydrogens (tertiary/aromatic N) is 5. The summed E-state index contributed by atoms with van der Waals surface area (Å²) in [6, 6.07) is 1.03. The summed E-state index contributed by atoms with van der Waals surface area (Å²) >= 11 is 0. The van der Waals surface area contributed by atoms with Crippen molar-refractivity contribution in [1.29, 1.82) is 0 Å². The van der Waals surface area contributed by atoms with E-state index >= 15 is 0 Å². The van der Waals surface area contributed by atoms with Crippen LogP contribution >= 0.6 is 0 Å². The molecule has 0 radical (unpaired) electrons. The predicted octanol–water partition coefficient (Wildman–Crippen LogP) is 1.35. The minimum Gasteiger partial charge on any atom is -0.355 e. The Kier molecular flexibility index (Phi) is 4.82. The van der Waals surface area contributed by atoms with Crippen LogP contribution in [-0.2, 0) is 6.54 Å². The third-order valence-corrected chi connectivity index (χ3v) is 5.52. The van der Waals surface area contributed by atoms with Crippen LogP contribution in [0.3, 0.4) is 0 Å². The van der Waals surface area contributed by atoms with E-state index in [9.17, 15) is 4.79 Å². The highest BCUT2D eigenvalue weighted by molar-refractivity contribution is 5.90. The first kappa shape index (κ1) is 17.9. The number of carbonyl (C=O) groups is 1. The Labute approximate surface area is 159 Å². The lowest BCUT2D eigenvalue weighted by Gasteiger charge is -2.21. The molecule has 2 aromatic rings. The number of rotatable bonds is 6. The lowest BCUT2D eigenvalue weighted by Crippen LogP contribution is -2.34. The molecule has 0 bridgehead atoms. The molecule has 144 valence electrons. The van der Waals surface area contributed by atoms with Crippen LogP contribution < -0.4 is 15.5 Å². The lowest BCUT2D eigenvalue weighted by atomic mass is 10.2. The zero-order chi connectivity index (χ0) is 19.0. The third-order valence-electron chi connectivity index (χ3n) is 5.52. The van der Waals surface area contributed by atoms with Crippen molar-refractivity contribution < 1.29 is 4.79 Å². The third kappa shape index (κ3) is 3.66. The standard InChI is InChI=1S/C19H27N7O/c1-12-13(2)23-17(19(27)20-3)24-18(12)25-8-6-14(11-25)22-10-16-21-7-9-26(16)15-4-5-15/h7,9,14-15,22H,4-6,8,10-11H2,1-3H3,(H,20,27)/t14-/m1/s1. The molecule has 2 aromatic heterocycles. The highest BCUT2D eigenvalue weighted by Gasteiger charge is 2.28. The van der Waals surface area contributed by atoms with E-state index in [4.69, 9.17) is 0 Å². The van der Waals surface area contributed by atoms with Crippen molar-refractivity contribution in [3.8, 4) is 0 Å². The van der Waals surface area contributed by atoms with E-state index in [0.29, 0.717) is 12.1 Å². The van der Waals surface area contributed by atoms with Gasteiger partial charge in [-0.3, -0.25) is 4.79 Å². The SMILES string of the molecule is CNC(=O)c1nc(C)c(C)c(N2CC[C@@H](NCc3nccn3C3CC3)C2)n1. The minimum atomic E-state index is -0.250. The molecule has 0 unspecified atom stereocenters. The molecule has 0 spiro atoms. The van der Waals surface area contributed by atoms with E-state index in [1.54, 1.807) is 7.05 Å². The molecule has 1 saturated carbocycles. The van der Waals surface area contributed by atoms with Gasteiger partial charge in [0, 0.05) is 55.9 Å². The molecule has 1 saturated heterocycles. The maximum absolute atomic E-state index is 12.0. The van der Waals surface area contributed by atoms with Gasteiger partial charge in [0.05, 0.1) is 6.54 Å². The van der Waals surface area contributed by atoms with Gasteiger partial charge in [0.2, 0.25) is 5.82 Å². The van der Waals surface area contributed by atoms with Crippen molar-refractivity contribution in [2.24, 2.45) is 0 Å². The molecule has 0 aromatic carbocycles. The van der Waals surface area contributed by atoms with Crippen molar-refractivity contribution in [2.45, 2.75) is 51.7 Å². The van der Waals surface area contributed by atoms with Crippen molar-refractivity contribution in [1.82, 2.24) is 30.2 Å². The molecule has 27 heavy (non-hydrogen) atoms. The second kappa shape index (κ2) is 7.26. The van der Waals surface area contributed by atoms with E-state index in [1.807, 2.05) is 20.0 Å². The topological polar surface area (TPSA) is 88.0 Å². The number of carbonyl (C=O) groups excluding carboxylic acids is 1. The van der Waals surface area contributed by atoms with Gasteiger partial charge in [-0.25, -0.2) is 15.0 Å².